The van der Waals surface area contributed by atoms with Crippen molar-refractivity contribution in [1.82, 2.24) is 10.3 Å². The maximum atomic E-state index is 11.5. The third-order valence-electron chi connectivity index (χ3n) is 2.34. The maximum Gasteiger partial charge on any atom is 0.258 e. The minimum Gasteiger partial charge on any atom is -0.484 e. The average molecular weight is 262 g/mol. The highest BCUT2D eigenvalue weighted by Crippen LogP contribution is 2.10. The lowest BCUT2D eigenvalue weighted by atomic mass is 10.2. The number of benzene rings is 1. The highest BCUT2D eigenvalue weighted by Gasteiger charge is 2.03. The normalized spacial score (nSPS) is 10.1. The van der Waals surface area contributed by atoms with Gasteiger partial charge in [-0.05, 0) is 19.1 Å². The molecule has 0 unspecified atom stereocenters. The summed E-state index contributed by atoms with van der Waals surface area (Å²) in [6.07, 6.45) is 0. The zero-order chi connectivity index (χ0) is 12.8. The van der Waals surface area contributed by atoms with Crippen molar-refractivity contribution in [1.29, 1.82) is 0 Å². The van der Waals surface area contributed by atoms with E-state index in [1.807, 2.05) is 36.6 Å². The summed E-state index contributed by atoms with van der Waals surface area (Å²) in [4.78, 5) is 15.6. The highest BCUT2D eigenvalue weighted by atomic mass is 32.1. The molecule has 1 amide bonds. The Kier molecular flexibility index (Phi) is 4.30. The Morgan fingerprint density at radius 1 is 1.39 bits per heavy atom. The van der Waals surface area contributed by atoms with Crippen molar-refractivity contribution < 1.29 is 9.53 Å². The zero-order valence-electron chi connectivity index (χ0n) is 10.1. The molecule has 0 bridgehead atoms. The molecule has 0 aliphatic carbocycles. The minimum atomic E-state index is -0.149. The Labute approximate surface area is 110 Å². The van der Waals surface area contributed by atoms with E-state index in [9.17, 15) is 4.79 Å². The van der Waals surface area contributed by atoms with Gasteiger partial charge in [0.05, 0.1) is 17.7 Å². The molecule has 5 heteroatoms. The van der Waals surface area contributed by atoms with Gasteiger partial charge in [-0.3, -0.25) is 4.79 Å². The predicted molar refractivity (Wildman–Crippen MR) is 70.6 cm³/mol. The Hall–Kier alpha value is -1.88. The second kappa shape index (κ2) is 6.16. The molecule has 1 aromatic heterocycles. The summed E-state index contributed by atoms with van der Waals surface area (Å²) in [5.41, 5.74) is 3.77. The molecule has 94 valence electrons. The number of hydrogen-bond acceptors (Lipinski definition) is 4. The van der Waals surface area contributed by atoms with Gasteiger partial charge < -0.3 is 10.1 Å². The predicted octanol–water partition coefficient (Wildman–Crippen LogP) is 2.15. The summed E-state index contributed by atoms with van der Waals surface area (Å²) in [6.45, 7) is 2.47. The van der Waals surface area contributed by atoms with Crippen LogP contribution in [-0.4, -0.2) is 17.5 Å². The lowest BCUT2D eigenvalue weighted by Gasteiger charge is -2.06. The third kappa shape index (κ3) is 3.85. The van der Waals surface area contributed by atoms with E-state index in [1.165, 1.54) is 11.3 Å². The summed E-state index contributed by atoms with van der Waals surface area (Å²) in [6, 6.07) is 7.59. The van der Waals surface area contributed by atoms with E-state index in [0.29, 0.717) is 12.3 Å². The summed E-state index contributed by atoms with van der Waals surface area (Å²) < 4.78 is 5.36. The Balaban J connectivity index is 1.73. The first-order valence-corrected chi connectivity index (χ1v) is 6.51. The fraction of sp³-hybridized carbons (Fsp3) is 0.231. The Morgan fingerprint density at radius 2 is 2.17 bits per heavy atom. The standard InChI is InChI=1S/C13H14N2O2S/c1-10-2-4-12(5-3-10)17-7-13(16)14-6-11-8-18-9-15-11/h2-5,8-9H,6-7H2,1H3,(H,14,16). The summed E-state index contributed by atoms with van der Waals surface area (Å²) in [5, 5.41) is 4.65. The molecule has 2 aromatic rings. The first kappa shape index (κ1) is 12.6. The average Bonchev–Trinajstić information content (AvgIpc) is 2.89. The molecule has 2 rings (SSSR count). The number of carbonyl (C=O) groups is 1. The smallest absolute Gasteiger partial charge is 0.258 e. The van der Waals surface area contributed by atoms with Crippen LogP contribution in [-0.2, 0) is 11.3 Å². The number of aryl methyl sites for hydroxylation is 1. The van der Waals surface area contributed by atoms with Crippen LogP contribution in [0, 0.1) is 6.92 Å². The second-order valence-electron chi connectivity index (χ2n) is 3.86. The van der Waals surface area contributed by atoms with E-state index in [-0.39, 0.29) is 12.5 Å². The van der Waals surface area contributed by atoms with Gasteiger partial charge in [0.25, 0.3) is 5.91 Å². The summed E-state index contributed by atoms with van der Waals surface area (Å²) in [5.74, 6) is 0.549. The molecular formula is C13H14N2O2S. The van der Waals surface area contributed by atoms with Crippen LogP contribution in [0.1, 0.15) is 11.3 Å². The van der Waals surface area contributed by atoms with Gasteiger partial charge in [-0.1, -0.05) is 17.7 Å². The SMILES string of the molecule is Cc1ccc(OCC(=O)NCc2cscn2)cc1. The van der Waals surface area contributed by atoms with Crippen molar-refractivity contribution in [3.05, 3.63) is 46.4 Å². The number of ether oxygens (including phenoxy) is 1. The lowest BCUT2D eigenvalue weighted by molar-refractivity contribution is -0.123. The monoisotopic (exact) mass is 262 g/mol. The number of aromatic nitrogens is 1. The van der Waals surface area contributed by atoms with Crippen LogP contribution in [0.2, 0.25) is 0 Å². The first-order chi connectivity index (χ1) is 8.74. The van der Waals surface area contributed by atoms with Crippen molar-refractivity contribution in [2.24, 2.45) is 0 Å². The molecule has 0 fully saturated rings. The van der Waals surface area contributed by atoms with E-state index >= 15 is 0 Å². The maximum absolute atomic E-state index is 11.5. The fourth-order valence-electron chi connectivity index (χ4n) is 1.35. The van der Waals surface area contributed by atoms with Gasteiger partial charge in [0.2, 0.25) is 0 Å². The molecule has 4 nitrogen and oxygen atoms in total. The number of rotatable bonds is 5. The largest absolute Gasteiger partial charge is 0.484 e. The van der Waals surface area contributed by atoms with Crippen LogP contribution in [0.25, 0.3) is 0 Å². The molecular weight excluding hydrogens is 248 g/mol. The van der Waals surface area contributed by atoms with Crippen molar-refractivity contribution in [3.63, 3.8) is 0 Å². The van der Waals surface area contributed by atoms with Crippen molar-refractivity contribution in [3.8, 4) is 5.75 Å². The molecule has 1 heterocycles. The molecule has 0 saturated carbocycles. The van der Waals surface area contributed by atoms with Crippen LogP contribution in [0.3, 0.4) is 0 Å². The van der Waals surface area contributed by atoms with Gasteiger partial charge in [0.15, 0.2) is 6.61 Å². The molecule has 0 saturated heterocycles. The molecule has 0 spiro atoms. The number of nitrogens with zero attached hydrogens (tertiary/aromatic N) is 1. The molecule has 1 aromatic carbocycles. The molecule has 1 N–H and O–H groups in total. The highest BCUT2D eigenvalue weighted by molar-refractivity contribution is 7.07. The van der Waals surface area contributed by atoms with Gasteiger partial charge in [0.1, 0.15) is 5.75 Å². The van der Waals surface area contributed by atoms with Crippen LogP contribution in [0.4, 0.5) is 0 Å². The van der Waals surface area contributed by atoms with Crippen LogP contribution >= 0.6 is 11.3 Å². The Morgan fingerprint density at radius 3 is 2.83 bits per heavy atom. The van der Waals surface area contributed by atoms with Gasteiger partial charge >= 0.3 is 0 Å². The van der Waals surface area contributed by atoms with Crippen molar-refractivity contribution in [2.75, 3.05) is 6.61 Å². The number of nitrogens with one attached hydrogen (secondary N) is 1. The number of carbonyl (C=O) groups excluding carboxylic acids is 1. The lowest BCUT2D eigenvalue weighted by Crippen LogP contribution is -2.28. The third-order valence-corrected chi connectivity index (χ3v) is 2.98. The van der Waals surface area contributed by atoms with Crippen molar-refractivity contribution >= 4 is 17.2 Å². The minimum absolute atomic E-state index is 0.0210. The van der Waals surface area contributed by atoms with Crippen LogP contribution in [0.15, 0.2) is 35.2 Å². The topological polar surface area (TPSA) is 51.2 Å². The van der Waals surface area contributed by atoms with E-state index in [2.05, 4.69) is 10.3 Å². The fourth-order valence-corrected chi connectivity index (χ4v) is 1.91. The van der Waals surface area contributed by atoms with Gasteiger partial charge in [0, 0.05) is 5.38 Å². The summed E-state index contributed by atoms with van der Waals surface area (Å²) >= 11 is 1.51. The second-order valence-corrected chi connectivity index (χ2v) is 4.58. The molecule has 0 aliphatic rings. The molecule has 18 heavy (non-hydrogen) atoms. The van der Waals surface area contributed by atoms with E-state index < -0.39 is 0 Å². The van der Waals surface area contributed by atoms with E-state index in [1.54, 1.807) is 5.51 Å². The van der Waals surface area contributed by atoms with E-state index in [0.717, 1.165) is 11.3 Å². The van der Waals surface area contributed by atoms with Gasteiger partial charge in [-0.15, -0.1) is 11.3 Å². The molecule has 0 atom stereocenters. The van der Waals surface area contributed by atoms with Crippen molar-refractivity contribution in [2.45, 2.75) is 13.5 Å². The Bertz CT molecular complexity index is 494. The van der Waals surface area contributed by atoms with E-state index in [4.69, 9.17) is 4.74 Å². The number of thiazole rings is 1. The molecule has 0 aliphatic heterocycles. The van der Waals surface area contributed by atoms with Gasteiger partial charge in [-0.2, -0.15) is 0 Å². The zero-order valence-corrected chi connectivity index (χ0v) is 10.9. The number of amides is 1. The van der Waals surface area contributed by atoms with Crippen LogP contribution < -0.4 is 10.1 Å². The quantitative estimate of drug-likeness (QED) is 0.898. The number of hydrogen-bond donors (Lipinski definition) is 1. The summed E-state index contributed by atoms with van der Waals surface area (Å²) in [7, 11) is 0. The van der Waals surface area contributed by atoms with Gasteiger partial charge in [-0.25, -0.2) is 4.98 Å². The van der Waals surface area contributed by atoms with Crippen LogP contribution in [0.5, 0.6) is 5.75 Å². The molecule has 0 radical (unpaired) electrons. The first-order valence-electron chi connectivity index (χ1n) is 5.57.